The number of rotatable bonds is 6. The van der Waals surface area contributed by atoms with E-state index in [1.807, 2.05) is 0 Å². The molecule has 2 bridgehead atoms. The number of nitro benzene ring substituents is 2. The Balaban J connectivity index is 1.49. The zero-order valence-corrected chi connectivity index (χ0v) is 23.1. The van der Waals surface area contributed by atoms with Crippen molar-refractivity contribution in [2.45, 2.75) is 20.8 Å². The van der Waals surface area contributed by atoms with Crippen LogP contribution < -0.4 is 9.80 Å². The molecule has 2 aromatic rings. The number of nitro groups is 2. The van der Waals surface area contributed by atoms with Gasteiger partial charge in [-0.1, -0.05) is 12.5 Å². The summed E-state index contributed by atoms with van der Waals surface area (Å²) in [5.74, 6) is -9.05. The lowest BCUT2D eigenvalue weighted by molar-refractivity contribution is -0.385. The van der Waals surface area contributed by atoms with Crippen LogP contribution in [0.2, 0.25) is 0 Å². The molecule has 2 aromatic carbocycles. The minimum Gasteiger partial charge on any atom is -0.463 e. The fraction of sp³-hybridized carbons (Fsp3) is 0.345. The number of ether oxygens (including phenoxy) is 1. The van der Waals surface area contributed by atoms with E-state index in [4.69, 9.17) is 4.74 Å². The highest BCUT2D eigenvalue weighted by atomic mass is 16.6. The van der Waals surface area contributed by atoms with Crippen molar-refractivity contribution in [1.29, 1.82) is 0 Å². The summed E-state index contributed by atoms with van der Waals surface area (Å²) in [4.78, 5) is 92.7. The molecule has 3 aliphatic carbocycles. The average Bonchev–Trinajstić information content (AvgIpc) is 3.39. The molecule has 4 amide bonds. The van der Waals surface area contributed by atoms with Crippen LogP contribution in [0.1, 0.15) is 20.8 Å². The molecule has 1 saturated carbocycles. The predicted molar refractivity (Wildman–Crippen MR) is 146 cm³/mol. The number of carbonyl (C=O) groups excluding carboxylic acids is 5. The summed E-state index contributed by atoms with van der Waals surface area (Å²) in [6.45, 7) is 4.73. The maximum absolute atomic E-state index is 14.1. The number of anilines is 2. The molecule has 2 aliphatic heterocycles. The van der Waals surface area contributed by atoms with Gasteiger partial charge in [0.05, 0.1) is 51.5 Å². The molecule has 0 radical (unpaired) electrons. The van der Waals surface area contributed by atoms with Crippen LogP contribution in [-0.2, 0) is 28.7 Å². The van der Waals surface area contributed by atoms with Crippen LogP contribution in [0.3, 0.4) is 0 Å². The fourth-order valence-corrected chi connectivity index (χ4v) is 7.76. The number of hydrogen-bond acceptors (Lipinski definition) is 10. The summed E-state index contributed by atoms with van der Waals surface area (Å²) in [6, 6.07) is 9.73. The first-order valence-corrected chi connectivity index (χ1v) is 13.5. The first-order valence-electron chi connectivity index (χ1n) is 13.5. The first kappa shape index (κ1) is 27.9. The van der Waals surface area contributed by atoms with Crippen LogP contribution in [0.4, 0.5) is 22.7 Å². The van der Waals surface area contributed by atoms with Crippen LogP contribution in [-0.4, -0.2) is 46.1 Å². The van der Waals surface area contributed by atoms with Gasteiger partial charge >= 0.3 is 5.97 Å². The molecule has 5 aliphatic rings. The molecule has 14 heteroatoms. The third-order valence-electron chi connectivity index (χ3n) is 9.32. The molecule has 2 saturated heterocycles. The van der Waals surface area contributed by atoms with Gasteiger partial charge in [-0.15, -0.1) is 0 Å². The molecule has 220 valence electrons. The molecule has 0 aromatic heterocycles. The predicted octanol–water partition coefficient (Wildman–Crippen LogP) is 2.94. The van der Waals surface area contributed by atoms with E-state index in [0.717, 1.165) is 34.1 Å². The fourth-order valence-electron chi connectivity index (χ4n) is 7.76. The van der Waals surface area contributed by atoms with Gasteiger partial charge in [0.25, 0.3) is 11.4 Å². The van der Waals surface area contributed by atoms with Crippen LogP contribution in [0.15, 0.2) is 59.7 Å². The van der Waals surface area contributed by atoms with Gasteiger partial charge in [-0.3, -0.25) is 39.4 Å². The van der Waals surface area contributed by atoms with Crippen molar-refractivity contribution in [3.8, 4) is 0 Å². The van der Waals surface area contributed by atoms with E-state index in [9.17, 15) is 44.2 Å². The van der Waals surface area contributed by atoms with E-state index >= 15 is 0 Å². The Bertz CT molecular complexity index is 1590. The molecule has 7 rings (SSSR count). The summed E-state index contributed by atoms with van der Waals surface area (Å²) in [5.41, 5.74) is -1.50. The SMILES string of the molecule is CCOC(=O)C1=C(C)C2[C@H]3C(=O)N(c4ccc([N+](=O)[O-])cc4)C(=O)[C@@H]3C1(C)[C@H]1C(=O)N(c3ccc([N+](=O)[O-])cc3)C(=O)[C@H]21. The zero-order valence-electron chi connectivity index (χ0n) is 23.1. The van der Waals surface area contributed by atoms with Crippen molar-refractivity contribution in [1.82, 2.24) is 0 Å². The van der Waals surface area contributed by atoms with Crippen molar-refractivity contribution in [3.63, 3.8) is 0 Å². The maximum Gasteiger partial charge on any atom is 0.334 e. The highest BCUT2D eigenvalue weighted by Gasteiger charge is 2.77. The molecule has 4 atom stereocenters. The van der Waals surface area contributed by atoms with Gasteiger partial charge in [0.1, 0.15) is 0 Å². The molecule has 0 N–H and O–H groups in total. The van der Waals surface area contributed by atoms with E-state index in [1.165, 1.54) is 31.2 Å². The van der Waals surface area contributed by atoms with E-state index in [-0.39, 0.29) is 34.9 Å². The highest BCUT2D eigenvalue weighted by molar-refractivity contribution is 6.27. The smallest absolute Gasteiger partial charge is 0.334 e. The minimum atomic E-state index is -1.63. The molecule has 14 nitrogen and oxygen atoms in total. The highest BCUT2D eigenvalue weighted by Crippen LogP contribution is 2.68. The zero-order chi connectivity index (χ0) is 31.1. The van der Waals surface area contributed by atoms with Crippen molar-refractivity contribution >= 4 is 52.3 Å². The number of non-ortho nitro benzene ring substituents is 2. The Hall–Kier alpha value is -5.27. The number of amides is 4. The van der Waals surface area contributed by atoms with Gasteiger partial charge in [0.15, 0.2) is 0 Å². The molecular formula is C29H24N4O10. The van der Waals surface area contributed by atoms with Gasteiger partial charge in [-0.05, 0) is 38.1 Å². The van der Waals surface area contributed by atoms with Crippen molar-refractivity contribution in [2.75, 3.05) is 16.4 Å². The van der Waals surface area contributed by atoms with Gasteiger partial charge in [0.2, 0.25) is 23.6 Å². The van der Waals surface area contributed by atoms with Gasteiger partial charge in [-0.25, -0.2) is 14.6 Å². The lowest BCUT2D eigenvalue weighted by Gasteiger charge is -2.55. The Morgan fingerprint density at radius 3 is 1.51 bits per heavy atom. The largest absolute Gasteiger partial charge is 0.463 e. The second kappa shape index (κ2) is 9.37. The third kappa shape index (κ3) is 3.55. The van der Waals surface area contributed by atoms with Crippen LogP contribution in [0.25, 0.3) is 0 Å². The standard InChI is InChI=1S/C29H24N4O10/c1-4-43-28(38)21-13(2)18-19-22(26(36)30(24(19)34)14-5-9-16(10-6-14)32(39)40)29(21,3)23-20(18)25(35)31(27(23)37)15-7-11-17(12-8-15)33(41)42/h5-12,18-20,22-23H,4H2,1-3H3/t18?,19-,20-,22-,23-,29?/m1/s1. The van der Waals surface area contributed by atoms with E-state index < -0.39 is 74.4 Å². The maximum atomic E-state index is 14.1. The summed E-state index contributed by atoms with van der Waals surface area (Å²) >= 11 is 0. The van der Waals surface area contributed by atoms with Crippen molar-refractivity contribution in [3.05, 3.63) is 79.9 Å². The second-order valence-corrected chi connectivity index (χ2v) is 11.2. The van der Waals surface area contributed by atoms with E-state index in [1.54, 1.807) is 13.8 Å². The molecular weight excluding hydrogens is 564 g/mol. The molecule has 0 unspecified atom stereocenters. The number of nitrogens with zero attached hydrogens (tertiary/aromatic N) is 4. The Morgan fingerprint density at radius 2 is 1.16 bits per heavy atom. The monoisotopic (exact) mass is 588 g/mol. The normalized spacial score (nSPS) is 29.2. The number of carbonyl (C=O) groups is 5. The molecule has 0 spiro atoms. The third-order valence-corrected chi connectivity index (χ3v) is 9.32. The van der Waals surface area contributed by atoms with Crippen molar-refractivity contribution < 1.29 is 38.6 Å². The number of allylic oxidation sites excluding steroid dienone is 1. The Morgan fingerprint density at radius 1 is 0.767 bits per heavy atom. The average molecular weight is 589 g/mol. The number of hydrogen-bond donors (Lipinski definition) is 0. The van der Waals surface area contributed by atoms with Gasteiger partial charge in [-0.2, -0.15) is 0 Å². The van der Waals surface area contributed by atoms with Crippen LogP contribution >= 0.6 is 0 Å². The lowest BCUT2D eigenvalue weighted by Crippen LogP contribution is -2.61. The van der Waals surface area contributed by atoms with Crippen LogP contribution in [0, 0.1) is 55.2 Å². The van der Waals surface area contributed by atoms with Crippen molar-refractivity contribution in [2.24, 2.45) is 35.0 Å². The lowest BCUT2D eigenvalue weighted by atomic mass is 9.43. The second-order valence-electron chi connectivity index (χ2n) is 11.2. The van der Waals surface area contributed by atoms with Gasteiger partial charge < -0.3 is 4.74 Å². The Labute approximate surface area is 243 Å². The van der Waals surface area contributed by atoms with E-state index in [2.05, 4.69) is 0 Å². The number of esters is 1. The summed E-state index contributed by atoms with van der Waals surface area (Å²) in [7, 11) is 0. The molecule has 2 heterocycles. The minimum absolute atomic E-state index is 0.00213. The first-order chi connectivity index (χ1) is 20.4. The van der Waals surface area contributed by atoms with Gasteiger partial charge in [0, 0.05) is 41.2 Å². The quantitative estimate of drug-likeness (QED) is 0.210. The van der Waals surface area contributed by atoms with E-state index in [0.29, 0.717) is 5.57 Å². The molecule has 3 fully saturated rings. The summed E-state index contributed by atoms with van der Waals surface area (Å²) < 4.78 is 5.34. The summed E-state index contributed by atoms with van der Waals surface area (Å²) in [6.07, 6.45) is 0. The summed E-state index contributed by atoms with van der Waals surface area (Å²) in [5, 5.41) is 22.3. The molecule has 43 heavy (non-hydrogen) atoms. The number of imide groups is 2. The van der Waals surface area contributed by atoms with Crippen LogP contribution in [0.5, 0.6) is 0 Å². The Kier molecular flexibility index (Phi) is 6.08. The topological polar surface area (TPSA) is 187 Å². The number of benzene rings is 2.